The lowest BCUT2D eigenvalue weighted by Gasteiger charge is -2.15. The van der Waals surface area contributed by atoms with E-state index in [1.165, 1.54) is 38.2 Å². The topological polar surface area (TPSA) is 84.9 Å². The normalized spacial score (nSPS) is 12.6. The number of nitrogens with one attached hydrogen (secondary N) is 1. The number of ether oxygens (including phenoxy) is 1. The molecule has 0 saturated carbocycles. The number of amides is 1. The highest BCUT2D eigenvalue weighted by Crippen LogP contribution is 2.42. The van der Waals surface area contributed by atoms with Crippen molar-refractivity contribution in [3.05, 3.63) is 78.4 Å². The summed E-state index contributed by atoms with van der Waals surface area (Å²) in [7, 11) is -4.02. The summed E-state index contributed by atoms with van der Waals surface area (Å²) >= 11 is 0. The molecule has 7 heteroatoms. The Balaban J connectivity index is 1.57. The molecule has 0 spiro atoms. The fraction of sp³-hybridized carbons (Fsp3) is 0.345. The summed E-state index contributed by atoms with van der Waals surface area (Å²) in [6.07, 6.45) is 7.42. The number of hydrogen-bond acceptors (Lipinski definition) is 4. The van der Waals surface area contributed by atoms with Crippen LogP contribution in [0.15, 0.2) is 72.8 Å². The van der Waals surface area contributed by atoms with Gasteiger partial charge < -0.3 is 19.5 Å². The van der Waals surface area contributed by atoms with E-state index >= 15 is 0 Å². The smallest absolute Gasteiger partial charge is 0.360 e. The molecule has 1 unspecified atom stereocenters. The number of benzene rings is 3. The summed E-state index contributed by atoms with van der Waals surface area (Å²) < 4.78 is 23.3. The summed E-state index contributed by atoms with van der Waals surface area (Å²) in [5.41, 5.74) is 2.70. The minimum absolute atomic E-state index is 0.0654. The van der Waals surface area contributed by atoms with Gasteiger partial charge in [-0.25, -0.2) is 0 Å². The highest BCUT2D eigenvalue weighted by Gasteiger charge is 2.26. The van der Waals surface area contributed by atoms with E-state index in [1.54, 1.807) is 37.3 Å². The Kier molecular flexibility index (Phi) is 10.7. The van der Waals surface area contributed by atoms with Gasteiger partial charge in [-0.15, -0.1) is 0 Å². The molecule has 0 aromatic heterocycles. The second kappa shape index (κ2) is 14.0. The van der Waals surface area contributed by atoms with Gasteiger partial charge in [0.25, 0.3) is 5.91 Å². The lowest BCUT2D eigenvalue weighted by molar-refractivity contribution is 0.102. The van der Waals surface area contributed by atoms with Crippen LogP contribution in [-0.4, -0.2) is 24.0 Å². The van der Waals surface area contributed by atoms with E-state index in [2.05, 4.69) is 12.2 Å². The van der Waals surface area contributed by atoms with Crippen molar-refractivity contribution >= 4 is 24.5 Å². The van der Waals surface area contributed by atoms with Crippen molar-refractivity contribution in [2.24, 2.45) is 0 Å². The first-order chi connectivity index (χ1) is 17.4. The van der Waals surface area contributed by atoms with Crippen LogP contribution in [0.3, 0.4) is 0 Å². The first-order valence-electron chi connectivity index (χ1n) is 12.7. The Bertz CT molecular complexity index is 1150. The van der Waals surface area contributed by atoms with Gasteiger partial charge in [0.2, 0.25) is 0 Å². The third kappa shape index (κ3) is 8.06. The first kappa shape index (κ1) is 27.7. The number of carbonyl (C=O) groups excluding carboxylic acids is 1. The van der Waals surface area contributed by atoms with E-state index in [0.29, 0.717) is 5.56 Å². The SMILES string of the molecule is CCCCCCCCOc1ccc(-c2ccc(C(=O)Nc3ccccc3P(=O)(O)OCC)cc2)cc1. The maximum atomic E-state index is 12.8. The summed E-state index contributed by atoms with van der Waals surface area (Å²) in [6, 6.07) is 21.6. The van der Waals surface area contributed by atoms with Crippen molar-refractivity contribution in [3.63, 3.8) is 0 Å². The Morgan fingerprint density at radius 1 is 0.833 bits per heavy atom. The Hall–Kier alpha value is -2.92. The summed E-state index contributed by atoms with van der Waals surface area (Å²) in [4.78, 5) is 23.0. The number of anilines is 1. The van der Waals surface area contributed by atoms with E-state index < -0.39 is 7.60 Å². The monoisotopic (exact) mass is 509 g/mol. The summed E-state index contributed by atoms with van der Waals surface area (Å²) in [6.45, 7) is 4.68. The van der Waals surface area contributed by atoms with E-state index in [4.69, 9.17) is 9.26 Å². The van der Waals surface area contributed by atoms with Crippen LogP contribution >= 0.6 is 7.60 Å². The van der Waals surface area contributed by atoms with Crippen molar-refractivity contribution in [2.75, 3.05) is 18.5 Å². The predicted octanol–water partition coefficient (Wildman–Crippen LogP) is 7.19. The van der Waals surface area contributed by atoms with Crippen molar-refractivity contribution in [3.8, 4) is 16.9 Å². The molecular formula is C29H36NO5P. The van der Waals surface area contributed by atoms with Crippen molar-refractivity contribution in [1.29, 1.82) is 0 Å². The molecule has 0 aliphatic heterocycles. The summed E-state index contributed by atoms with van der Waals surface area (Å²) in [5.74, 6) is 0.485. The molecule has 0 bridgehead atoms. The van der Waals surface area contributed by atoms with E-state index in [1.807, 2.05) is 36.4 Å². The average Bonchev–Trinajstić information content (AvgIpc) is 2.89. The number of para-hydroxylation sites is 1. The van der Waals surface area contributed by atoms with Gasteiger partial charge in [-0.3, -0.25) is 9.36 Å². The van der Waals surface area contributed by atoms with Crippen LogP contribution in [0.5, 0.6) is 5.75 Å². The highest BCUT2D eigenvalue weighted by molar-refractivity contribution is 7.61. The molecule has 0 aliphatic carbocycles. The number of rotatable bonds is 14. The lowest BCUT2D eigenvalue weighted by Crippen LogP contribution is -2.19. The van der Waals surface area contributed by atoms with Crippen LogP contribution in [0.4, 0.5) is 5.69 Å². The van der Waals surface area contributed by atoms with Gasteiger partial charge in [0.1, 0.15) is 5.75 Å². The lowest BCUT2D eigenvalue weighted by atomic mass is 10.0. The molecule has 0 heterocycles. The minimum Gasteiger partial charge on any atom is -0.494 e. The molecule has 36 heavy (non-hydrogen) atoms. The molecule has 3 rings (SSSR count). The second-order valence-corrected chi connectivity index (χ2v) is 10.4. The van der Waals surface area contributed by atoms with Crippen LogP contribution in [0.25, 0.3) is 11.1 Å². The van der Waals surface area contributed by atoms with Crippen LogP contribution in [0.2, 0.25) is 0 Å². The second-order valence-electron chi connectivity index (χ2n) is 8.63. The minimum atomic E-state index is -4.02. The molecule has 1 amide bonds. The summed E-state index contributed by atoms with van der Waals surface area (Å²) in [5, 5.41) is 2.79. The fourth-order valence-corrected chi connectivity index (χ4v) is 5.09. The molecule has 0 radical (unpaired) electrons. The van der Waals surface area contributed by atoms with E-state index in [9.17, 15) is 14.3 Å². The molecule has 0 saturated heterocycles. The molecule has 2 N–H and O–H groups in total. The Morgan fingerprint density at radius 3 is 2.11 bits per heavy atom. The molecule has 3 aromatic rings. The molecule has 0 fully saturated rings. The molecular weight excluding hydrogens is 473 g/mol. The average molecular weight is 510 g/mol. The van der Waals surface area contributed by atoms with Gasteiger partial charge >= 0.3 is 7.60 Å². The highest BCUT2D eigenvalue weighted by atomic mass is 31.2. The van der Waals surface area contributed by atoms with Crippen molar-refractivity contribution in [1.82, 2.24) is 0 Å². The Morgan fingerprint density at radius 2 is 1.44 bits per heavy atom. The quantitative estimate of drug-likeness (QED) is 0.177. The number of carbonyl (C=O) groups is 1. The zero-order valence-electron chi connectivity index (χ0n) is 21.1. The van der Waals surface area contributed by atoms with Gasteiger partial charge in [-0.2, -0.15) is 0 Å². The largest absolute Gasteiger partial charge is 0.494 e. The molecule has 192 valence electrons. The molecule has 0 aliphatic rings. The predicted molar refractivity (Wildman–Crippen MR) is 146 cm³/mol. The van der Waals surface area contributed by atoms with Gasteiger partial charge in [0, 0.05) is 5.56 Å². The van der Waals surface area contributed by atoms with Gasteiger partial charge in [-0.05, 0) is 60.9 Å². The third-order valence-corrected chi connectivity index (χ3v) is 7.47. The zero-order chi connectivity index (χ0) is 25.8. The van der Waals surface area contributed by atoms with Crippen LogP contribution in [0.1, 0.15) is 62.7 Å². The zero-order valence-corrected chi connectivity index (χ0v) is 22.0. The molecule has 6 nitrogen and oxygen atoms in total. The van der Waals surface area contributed by atoms with Crippen LogP contribution in [0, 0.1) is 0 Å². The van der Waals surface area contributed by atoms with Crippen LogP contribution < -0.4 is 15.4 Å². The van der Waals surface area contributed by atoms with Gasteiger partial charge in [0.05, 0.1) is 24.2 Å². The maximum absolute atomic E-state index is 12.8. The number of hydrogen-bond donors (Lipinski definition) is 2. The van der Waals surface area contributed by atoms with Crippen molar-refractivity contribution < 1.29 is 23.5 Å². The van der Waals surface area contributed by atoms with Gasteiger partial charge in [-0.1, -0.05) is 75.4 Å². The third-order valence-electron chi connectivity index (χ3n) is 5.86. The maximum Gasteiger partial charge on any atom is 0.360 e. The van der Waals surface area contributed by atoms with Crippen LogP contribution in [-0.2, 0) is 9.09 Å². The fourth-order valence-electron chi connectivity index (χ4n) is 3.89. The molecule has 1 atom stereocenters. The van der Waals surface area contributed by atoms with Crippen molar-refractivity contribution in [2.45, 2.75) is 52.4 Å². The van der Waals surface area contributed by atoms with E-state index in [0.717, 1.165) is 29.9 Å². The molecule has 3 aromatic carbocycles. The number of unbranched alkanes of at least 4 members (excludes halogenated alkanes) is 5. The standard InChI is InChI=1S/C29H36NO5P/c1-3-5-6-7-8-11-22-34-26-20-18-24(19-21-26)23-14-16-25(17-15-23)29(31)30-27-12-9-10-13-28(27)36(32,33)35-4-2/h9-10,12-21H,3-8,11,22H2,1-2H3,(H,30,31)(H,32,33). The van der Waals surface area contributed by atoms with Gasteiger partial charge in [0.15, 0.2) is 0 Å². The van der Waals surface area contributed by atoms with E-state index in [-0.39, 0.29) is 23.5 Å². The Labute approximate surface area is 214 Å². The first-order valence-corrected chi connectivity index (χ1v) is 14.2.